The molecule has 3 rings (SSSR count). The van der Waals surface area contributed by atoms with Crippen LogP contribution < -0.4 is 0 Å². The Morgan fingerprint density at radius 2 is 0.650 bits per heavy atom. The SMILES string of the molecule is [AlH3].c1ccc(C(c2ccccc2)c2ccccc2)cc1. The molecule has 0 atom stereocenters. The molecule has 0 fully saturated rings. The van der Waals surface area contributed by atoms with Crippen LogP contribution in [0.2, 0.25) is 0 Å². The number of benzene rings is 3. The summed E-state index contributed by atoms with van der Waals surface area (Å²) in [7, 11) is 0. The molecule has 0 aliphatic rings. The second-order valence-electron chi connectivity index (χ2n) is 4.67. The molecule has 3 aromatic rings. The summed E-state index contributed by atoms with van der Waals surface area (Å²) in [5.74, 6) is 0.309. The van der Waals surface area contributed by atoms with Crippen molar-refractivity contribution in [2.45, 2.75) is 5.92 Å². The van der Waals surface area contributed by atoms with Gasteiger partial charge in [-0.2, -0.15) is 0 Å². The molecule has 3 aromatic carbocycles. The van der Waals surface area contributed by atoms with E-state index in [2.05, 4.69) is 91.0 Å². The third-order valence-electron chi connectivity index (χ3n) is 3.40. The summed E-state index contributed by atoms with van der Waals surface area (Å²) in [5, 5.41) is 0. The molecule has 0 unspecified atom stereocenters. The minimum absolute atomic E-state index is 0. The van der Waals surface area contributed by atoms with Gasteiger partial charge in [0.1, 0.15) is 0 Å². The van der Waals surface area contributed by atoms with Crippen molar-refractivity contribution in [1.82, 2.24) is 0 Å². The Hall–Kier alpha value is -1.81. The predicted molar refractivity (Wildman–Crippen MR) is 90.2 cm³/mol. The fourth-order valence-electron chi connectivity index (χ4n) is 2.51. The summed E-state index contributed by atoms with van der Waals surface area (Å²) in [6.45, 7) is 0. The molecule has 0 saturated heterocycles. The van der Waals surface area contributed by atoms with Crippen molar-refractivity contribution in [3.05, 3.63) is 108 Å². The van der Waals surface area contributed by atoms with Crippen LogP contribution in [0.3, 0.4) is 0 Å². The lowest BCUT2D eigenvalue weighted by Gasteiger charge is -2.18. The van der Waals surface area contributed by atoms with E-state index in [0.29, 0.717) is 5.92 Å². The van der Waals surface area contributed by atoms with Gasteiger partial charge in [-0.15, -0.1) is 0 Å². The van der Waals surface area contributed by atoms with Crippen LogP contribution in [0, 0.1) is 0 Å². The fourth-order valence-corrected chi connectivity index (χ4v) is 2.51. The van der Waals surface area contributed by atoms with E-state index in [-0.39, 0.29) is 17.4 Å². The molecular formula is C19H19Al. The molecule has 98 valence electrons. The van der Waals surface area contributed by atoms with Crippen molar-refractivity contribution in [1.29, 1.82) is 0 Å². The van der Waals surface area contributed by atoms with E-state index in [1.807, 2.05) is 0 Å². The van der Waals surface area contributed by atoms with E-state index < -0.39 is 0 Å². The lowest BCUT2D eigenvalue weighted by atomic mass is 9.85. The summed E-state index contributed by atoms with van der Waals surface area (Å²) >= 11 is 0. The van der Waals surface area contributed by atoms with Crippen LogP contribution in [0.5, 0.6) is 0 Å². The minimum atomic E-state index is 0. The van der Waals surface area contributed by atoms with Gasteiger partial charge in [0.05, 0.1) is 0 Å². The van der Waals surface area contributed by atoms with E-state index in [9.17, 15) is 0 Å². The molecule has 0 aliphatic carbocycles. The first-order valence-corrected chi connectivity index (χ1v) is 6.60. The average molecular weight is 274 g/mol. The molecule has 0 aliphatic heterocycles. The number of hydrogen-bond donors (Lipinski definition) is 0. The smallest absolute Gasteiger partial charge is 0.0622 e. The zero-order valence-electron chi connectivity index (χ0n) is 10.7. The van der Waals surface area contributed by atoms with Crippen LogP contribution in [-0.2, 0) is 0 Å². The maximum Gasteiger partial charge on any atom is 0.187 e. The van der Waals surface area contributed by atoms with Crippen molar-refractivity contribution in [3.63, 3.8) is 0 Å². The predicted octanol–water partition coefficient (Wildman–Crippen LogP) is 3.68. The molecule has 0 nitrogen and oxygen atoms in total. The van der Waals surface area contributed by atoms with Gasteiger partial charge in [0.25, 0.3) is 0 Å². The molecule has 0 N–H and O–H groups in total. The van der Waals surface area contributed by atoms with E-state index in [4.69, 9.17) is 0 Å². The van der Waals surface area contributed by atoms with Crippen molar-refractivity contribution in [3.8, 4) is 0 Å². The third kappa shape index (κ3) is 3.20. The van der Waals surface area contributed by atoms with Gasteiger partial charge >= 0.3 is 0 Å². The first kappa shape index (κ1) is 14.6. The van der Waals surface area contributed by atoms with Crippen molar-refractivity contribution >= 4 is 17.4 Å². The van der Waals surface area contributed by atoms with Crippen LogP contribution >= 0.6 is 0 Å². The van der Waals surface area contributed by atoms with Crippen LogP contribution in [0.1, 0.15) is 22.6 Å². The molecule has 0 amide bonds. The summed E-state index contributed by atoms with van der Waals surface area (Å²) in [6.07, 6.45) is 0. The van der Waals surface area contributed by atoms with Gasteiger partial charge in [0.2, 0.25) is 0 Å². The Morgan fingerprint density at radius 3 is 0.900 bits per heavy atom. The summed E-state index contributed by atoms with van der Waals surface area (Å²) in [6, 6.07) is 32.0. The first-order valence-electron chi connectivity index (χ1n) is 6.60. The Balaban J connectivity index is 0.00000147. The molecule has 0 radical (unpaired) electrons. The first-order chi connectivity index (χ1) is 9.45. The molecule has 0 spiro atoms. The van der Waals surface area contributed by atoms with Gasteiger partial charge in [0, 0.05) is 5.92 Å². The Bertz CT molecular complexity index is 524. The maximum atomic E-state index is 2.20. The van der Waals surface area contributed by atoms with Crippen molar-refractivity contribution in [2.24, 2.45) is 0 Å². The molecule has 0 bridgehead atoms. The molecule has 20 heavy (non-hydrogen) atoms. The zero-order chi connectivity index (χ0) is 12.9. The topological polar surface area (TPSA) is 0 Å². The average Bonchev–Trinajstić information content (AvgIpc) is 2.51. The van der Waals surface area contributed by atoms with E-state index in [0.717, 1.165) is 0 Å². The normalized spacial score (nSPS) is 10.1. The lowest BCUT2D eigenvalue weighted by molar-refractivity contribution is 0.977. The number of hydrogen-bond acceptors (Lipinski definition) is 0. The lowest BCUT2D eigenvalue weighted by Crippen LogP contribution is -2.02. The Labute approximate surface area is 131 Å². The van der Waals surface area contributed by atoms with E-state index in [1.54, 1.807) is 0 Å². The highest BCUT2D eigenvalue weighted by Crippen LogP contribution is 2.31. The molecule has 1 heteroatoms. The largest absolute Gasteiger partial charge is 0.187 e. The summed E-state index contributed by atoms with van der Waals surface area (Å²) < 4.78 is 0. The molecular weight excluding hydrogens is 255 g/mol. The maximum absolute atomic E-state index is 2.20. The van der Waals surface area contributed by atoms with Gasteiger partial charge in [-0.1, -0.05) is 91.0 Å². The monoisotopic (exact) mass is 274 g/mol. The highest BCUT2D eigenvalue weighted by Gasteiger charge is 2.15. The molecule has 0 aromatic heterocycles. The number of rotatable bonds is 3. The Kier molecular flexibility index (Phi) is 5.18. The van der Waals surface area contributed by atoms with E-state index in [1.165, 1.54) is 16.7 Å². The van der Waals surface area contributed by atoms with Gasteiger partial charge in [0.15, 0.2) is 17.4 Å². The second-order valence-corrected chi connectivity index (χ2v) is 4.67. The zero-order valence-corrected chi connectivity index (χ0v) is 10.7. The standard InChI is InChI=1S/C19H16.Al.3H/c1-4-10-16(11-5-1)19(17-12-6-2-7-13-17)18-14-8-3-9-15-18;;;;/h1-15,19H;;;;. The van der Waals surface area contributed by atoms with Gasteiger partial charge in [-0.3, -0.25) is 0 Å². The van der Waals surface area contributed by atoms with E-state index >= 15 is 0 Å². The molecule has 0 heterocycles. The van der Waals surface area contributed by atoms with Crippen LogP contribution in [0.15, 0.2) is 91.0 Å². The highest BCUT2D eigenvalue weighted by atomic mass is 27.0. The fraction of sp³-hybridized carbons (Fsp3) is 0.0526. The van der Waals surface area contributed by atoms with Crippen molar-refractivity contribution in [2.75, 3.05) is 0 Å². The summed E-state index contributed by atoms with van der Waals surface area (Å²) in [5.41, 5.74) is 4.00. The van der Waals surface area contributed by atoms with Gasteiger partial charge < -0.3 is 0 Å². The third-order valence-corrected chi connectivity index (χ3v) is 3.40. The molecule has 0 saturated carbocycles. The van der Waals surface area contributed by atoms with Crippen LogP contribution in [0.25, 0.3) is 0 Å². The van der Waals surface area contributed by atoms with Gasteiger partial charge in [-0.05, 0) is 16.7 Å². The van der Waals surface area contributed by atoms with Crippen molar-refractivity contribution < 1.29 is 0 Å². The summed E-state index contributed by atoms with van der Waals surface area (Å²) in [4.78, 5) is 0. The van der Waals surface area contributed by atoms with Crippen LogP contribution in [0.4, 0.5) is 0 Å². The minimum Gasteiger partial charge on any atom is -0.0622 e. The van der Waals surface area contributed by atoms with Crippen LogP contribution in [-0.4, -0.2) is 17.4 Å². The quantitative estimate of drug-likeness (QED) is 0.505. The van der Waals surface area contributed by atoms with Gasteiger partial charge in [-0.25, -0.2) is 0 Å². The highest BCUT2D eigenvalue weighted by molar-refractivity contribution is 5.75. The Morgan fingerprint density at radius 1 is 0.400 bits per heavy atom. The second kappa shape index (κ2) is 7.10.